The number of benzene rings is 2. The third-order valence-electron chi connectivity index (χ3n) is 4.23. The van der Waals surface area contributed by atoms with Gasteiger partial charge in [-0.3, -0.25) is 19.7 Å². The van der Waals surface area contributed by atoms with Crippen molar-refractivity contribution in [2.24, 2.45) is 0 Å². The lowest BCUT2D eigenvalue weighted by molar-refractivity contribution is -0.123. The predicted octanol–water partition coefficient (Wildman–Crippen LogP) is 4.25. The molecule has 7 nitrogen and oxygen atoms in total. The zero-order valence-corrected chi connectivity index (χ0v) is 15.9. The van der Waals surface area contributed by atoms with Crippen molar-refractivity contribution in [3.63, 3.8) is 0 Å². The van der Waals surface area contributed by atoms with Gasteiger partial charge in [-0.2, -0.15) is 5.10 Å². The number of fused-ring (bicyclic) bond motifs is 1. The summed E-state index contributed by atoms with van der Waals surface area (Å²) in [6, 6.07) is 15.9. The van der Waals surface area contributed by atoms with E-state index in [4.69, 9.17) is 11.6 Å². The van der Waals surface area contributed by atoms with Crippen molar-refractivity contribution in [1.29, 1.82) is 0 Å². The van der Waals surface area contributed by atoms with Gasteiger partial charge in [-0.1, -0.05) is 11.6 Å². The number of rotatable bonds is 5. The van der Waals surface area contributed by atoms with Crippen molar-refractivity contribution in [2.75, 3.05) is 10.6 Å². The number of nitrogens with one attached hydrogen (secondary N) is 3. The molecule has 2 aromatic heterocycles. The number of nitrogens with zero attached hydrogens (tertiary/aromatic N) is 2. The highest BCUT2D eigenvalue weighted by atomic mass is 35.5. The molecule has 0 spiro atoms. The van der Waals surface area contributed by atoms with Gasteiger partial charge >= 0.3 is 0 Å². The van der Waals surface area contributed by atoms with Gasteiger partial charge < -0.3 is 10.6 Å². The van der Waals surface area contributed by atoms with Gasteiger partial charge in [0.15, 0.2) is 0 Å². The first-order chi connectivity index (χ1) is 14.1. The Bertz CT molecular complexity index is 1170. The van der Waals surface area contributed by atoms with E-state index in [1.165, 1.54) is 0 Å². The van der Waals surface area contributed by atoms with Crippen LogP contribution in [0, 0.1) is 0 Å². The van der Waals surface area contributed by atoms with Crippen LogP contribution in [0.1, 0.15) is 6.42 Å². The molecule has 2 heterocycles. The van der Waals surface area contributed by atoms with Gasteiger partial charge in [0.1, 0.15) is 12.1 Å². The van der Waals surface area contributed by atoms with Gasteiger partial charge in [0.2, 0.25) is 11.8 Å². The van der Waals surface area contributed by atoms with Crippen molar-refractivity contribution in [1.82, 2.24) is 15.2 Å². The fraction of sp³-hybridized carbons (Fsp3) is 0.0476. The molecule has 3 N–H and O–H groups in total. The monoisotopic (exact) mass is 405 g/mol. The summed E-state index contributed by atoms with van der Waals surface area (Å²) in [5.74, 6) is -0.825. The van der Waals surface area contributed by atoms with Crippen molar-refractivity contribution >= 4 is 45.7 Å². The standard InChI is InChI=1S/C21H16ClN5O2/c22-14-3-5-15(6-4-14)24-19(28)11-20(29)25-16-7-8-17-18(10-16)26-27-21(17)13-2-1-9-23-12-13/h1-10,12H,11H2,(H,24,28)(H,25,29)(H,26,27). The lowest BCUT2D eigenvalue weighted by Crippen LogP contribution is -2.21. The maximum atomic E-state index is 12.2. The second-order valence-electron chi connectivity index (χ2n) is 6.35. The van der Waals surface area contributed by atoms with E-state index in [0.717, 1.165) is 22.2 Å². The van der Waals surface area contributed by atoms with Crippen molar-refractivity contribution in [3.05, 3.63) is 72.0 Å². The van der Waals surface area contributed by atoms with Crippen LogP contribution in [0.15, 0.2) is 67.0 Å². The summed E-state index contributed by atoms with van der Waals surface area (Å²) in [5, 5.41) is 14.2. The molecule has 8 heteroatoms. The lowest BCUT2D eigenvalue weighted by Gasteiger charge is -2.07. The van der Waals surface area contributed by atoms with Crippen LogP contribution in [0.25, 0.3) is 22.2 Å². The van der Waals surface area contributed by atoms with E-state index < -0.39 is 11.8 Å². The average Bonchev–Trinajstić information content (AvgIpc) is 3.13. The molecule has 0 saturated heterocycles. The molecule has 4 rings (SSSR count). The Kier molecular flexibility index (Phi) is 5.22. The molecule has 0 bridgehead atoms. The first kappa shape index (κ1) is 18.6. The van der Waals surface area contributed by atoms with Crippen LogP contribution in [-0.4, -0.2) is 27.0 Å². The van der Waals surface area contributed by atoms with Gasteiger partial charge in [0.25, 0.3) is 0 Å². The summed E-state index contributed by atoms with van der Waals surface area (Å²) in [5.41, 5.74) is 3.60. The minimum Gasteiger partial charge on any atom is -0.326 e. The van der Waals surface area contributed by atoms with E-state index >= 15 is 0 Å². The van der Waals surface area contributed by atoms with Crippen LogP contribution in [0.4, 0.5) is 11.4 Å². The fourth-order valence-electron chi connectivity index (χ4n) is 2.91. The number of hydrogen-bond donors (Lipinski definition) is 3. The molecule has 0 aliphatic heterocycles. The fourth-order valence-corrected chi connectivity index (χ4v) is 3.04. The van der Waals surface area contributed by atoms with E-state index in [0.29, 0.717) is 16.4 Å². The zero-order valence-electron chi connectivity index (χ0n) is 15.1. The number of aromatic amines is 1. The van der Waals surface area contributed by atoms with Crippen LogP contribution in [0.2, 0.25) is 5.02 Å². The van der Waals surface area contributed by atoms with Crippen LogP contribution in [-0.2, 0) is 9.59 Å². The lowest BCUT2D eigenvalue weighted by atomic mass is 10.1. The Labute approximate surface area is 171 Å². The number of amides is 2. The minimum atomic E-state index is -0.414. The molecular weight excluding hydrogens is 390 g/mol. The molecule has 0 radical (unpaired) electrons. The molecule has 29 heavy (non-hydrogen) atoms. The number of pyridine rings is 1. The van der Waals surface area contributed by atoms with E-state index in [1.54, 1.807) is 48.8 Å². The Balaban J connectivity index is 1.41. The number of anilines is 2. The second kappa shape index (κ2) is 8.12. The molecule has 4 aromatic rings. The van der Waals surface area contributed by atoms with E-state index in [-0.39, 0.29) is 6.42 Å². The highest BCUT2D eigenvalue weighted by Crippen LogP contribution is 2.27. The van der Waals surface area contributed by atoms with Gasteiger partial charge in [-0.05, 0) is 54.6 Å². The number of aromatic nitrogens is 3. The third kappa shape index (κ3) is 4.41. The molecule has 0 unspecified atom stereocenters. The summed E-state index contributed by atoms with van der Waals surface area (Å²) >= 11 is 5.81. The van der Waals surface area contributed by atoms with Crippen LogP contribution in [0.5, 0.6) is 0 Å². The van der Waals surface area contributed by atoms with Gasteiger partial charge in [-0.15, -0.1) is 0 Å². The van der Waals surface area contributed by atoms with Gasteiger partial charge in [0, 0.05) is 39.7 Å². The molecule has 0 saturated carbocycles. The normalized spacial score (nSPS) is 10.7. The van der Waals surface area contributed by atoms with Crippen molar-refractivity contribution < 1.29 is 9.59 Å². The van der Waals surface area contributed by atoms with Crippen LogP contribution >= 0.6 is 11.6 Å². The molecule has 0 fully saturated rings. The Morgan fingerprint density at radius 2 is 1.69 bits per heavy atom. The number of halogens is 1. The highest BCUT2D eigenvalue weighted by molar-refractivity contribution is 6.30. The Morgan fingerprint density at radius 3 is 2.41 bits per heavy atom. The highest BCUT2D eigenvalue weighted by Gasteiger charge is 2.12. The van der Waals surface area contributed by atoms with Crippen LogP contribution < -0.4 is 10.6 Å². The largest absolute Gasteiger partial charge is 0.326 e. The summed E-state index contributed by atoms with van der Waals surface area (Å²) in [7, 11) is 0. The van der Waals surface area contributed by atoms with Crippen molar-refractivity contribution in [3.8, 4) is 11.3 Å². The number of carbonyl (C=O) groups is 2. The summed E-state index contributed by atoms with van der Waals surface area (Å²) in [6.45, 7) is 0. The molecule has 2 amide bonds. The van der Waals surface area contributed by atoms with E-state index in [9.17, 15) is 9.59 Å². The minimum absolute atomic E-state index is 0.301. The van der Waals surface area contributed by atoms with Crippen molar-refractivity contribution in [2.45, 2.75) is 6.42 Å². The Hall–Kier alpha value is -3.71. The third-order valence-corrected chi connectivity index (χ3v) is 4.48. The first-order valence-corrected chi connectivity index (χ1v) is 9.20. The summed E-state index contributed by atoms with van der Waals surface area (Å²) in [6.07, 6.45) is 3.14. The average molecular weight is 406 g/mol. The van der Waals surface area contributed by atoms with Gasteiger partial charge in [-0.25, -0.2) is 0 Å². The Morgan fingerprint density at radius 1 is 0.966 bits per heavy atom. The maximum Gasteiger partial charge on any atom is 0.233 e. The maximum absolute atomic E-state index is 12.2. The quantitative estimate of drug-likeness (QED) is 0.432. The van der Waals surface area contributed by atoms with E-state index in [1.807, 2.05) is 18.2 Å². The predicted molar refractivity (Wildman–Crippen MR) is 113 cm³/mol. The molecule has 0 aliphatic rings. The number of H-pyrrole nitrogens is 1. The zero-order chi connectivity index (χ0) is 20.2. The molecule has 2 aromatic carbocycles. The SMILES string of the molecule is O=C(CC(=O)Nc1ccc2c(-c3cccnc3)n[nH]c2c1)Nc1ccc(Cl)cc1. The number of carbonyl (C=O) groups excluding carboxylic acids is 2. The first-order valence-electron chi connectivity index (χ1n) is 8.82. The van der Waals surface area contributed by atoms with E-state index in [2.05, 4.69) is 25.8 Å². The molecule has 0 aliphatic carbocycles. The number of hydrogen-bond acceptors (Lipinski definition) is 4. The molecular formula is C21H16ClN5O2. The smallest absolute Gasteiger partial charge is 0.233 e. The second-order valence-corrected chi connectivity index (χ2v) is 6.79. The van der Waals surface area contributed by atoms with Crippen LogP contribution in [0.3, 0.4) is 0 Å². The summed E-state index contributed by atoms with van der Waals surface area (Å²) in [4.78, 5) is 28.4. The topological polar surface area (TPSA) is 99.8 Å². The molecule has 0 atom stereocenters. The summed E-state index contributed by atoms with van der Waals surface area (Å²) < 4.78 is 0. The van der Waals surface area contributed by atoms with Gasteiger partial charge in [0.05, 0.1) is 5.52 Å². The molecule has 144 valence electrons.